The van der Waals surface area contributed by atoms with Crippen molar-refractivity contribution in [3.05, 3.63) is 18.2 Å². The number of rotatable bonds is 2. The Kier molecular flexibility index (Phi) is 2.73. The van der Waals surface area contributed by atoms with Gasteiger partial charge < -0.3 is 15.4 Å². The lowest BCUT2D eigenvalue weighted by molar-refractivity contribution is -0.135. The number of nitrogens with two attached hydrogens (primary N) is 1. The van der Waals surface area contributed by atoms with Crippen LogP contribution in [-0.4, -0.2) is 18.6 Å². The fourth-order valence-electron chi connectivity index (χ4n) is 2.25. The second-order valence-electron chi connectivity index (χ2n) is 4.39. The fraction of sp³-hybridized carbons (Fsp3) is 0.462. The average Bonchev–Trinajstić information content (AvgIpc) is 2.35. The highest BCUT2D eigenvalue weighted by molar-refractivity contribution is 6.02. The smallest absolute Gasteiger partial charge is 0.270 e. The quantitative estimate of drug-likeness (QED) is 0.798. The number of likely N-dealkylation sites (N-methyl/N-ethyl adjacent to an activating group) is 1. The van der Waals surface area contributed by atoms with Crippen LogP contribution >= 0.6 is 0 Å². The molecular formula is C13H18N2O2. The largest absolute Gasteiger partial charge is 0.475 e. The SMILES string of the molecule is CCC1(CC)Oc2ccc(N)cc2N(C)C1=O. The van der Waals surface area contributed by atoms with E-state index in [0.717, 1.165) is 11.4 Å². The molecule has 0 unspecified atom stereocenters. The Hall–Kier alpha value is -1.71. The number of amides is 1. The predicted octanol–water partition coefficient (Wildman–Crippen LogP) is 2.18. The van der Waals surface area contributed by atoms with E-state index in [4.69, 9.17) is 10.5 Å². The van der Waals surface area contributed by atoms with Crippen molar-refractivity contribution in [1.29, 1.82) is 0 Å². The molecule has 1 aliphatic heterocycles. The number of fused-ring (bicyclic) bond motifs is 1. The molecule has 0 aliphatic carbocycles. The van der Waals surface area contributed by atoms with Gasteiger partial charge in [0.05, 0.1) is 5.69 Å². The summed E-state index contributed by atoms with van der Waals surface area (Å²) in [6, 6.07) is 5.38. The number of anilines is 2. The number of benzene rings is 1. The number of ether oxygens (including phenoxy) is 1. The van der Waals surface area contributed by atoms with Crippen molar-refractivity contribution in [1.82, 2.24) is 0 Å². The number of nitrogens with zero attached hydrogens (tertiary/aromatic N) is 1. The Labute approximate surface area is 101 Å². The van der Waals surface area contributed by atoms with E-state index in [1.807, 2.05) is 19.9 Å². The molecular weight excluding hydrogens is 216 g/mol. The Bertz CT molecular complexity index is 453. The highest BCUT2D eigenvalue weighted by atomic mass is 16.5. The first-order valence-electron chi connectivity index (χ1n) is 5.90. The first-order valence-corrected chi connectivity index (χ1v) is 5.90. The van der Waals surface area contributed by atoms with E-state index in [9.17, 15) is 4.79 Å². The summed E-state index contributed by atoms with van der Waals surface area (Å²) in [5, 5.41) is 0. The summed E-state index contributed by atoms with van der Waals surface area (Å²) in [7, 11) is 1.77. The summed E-state index contributed by atoms with van der Waals surface area (Å²) in [5.74, 6) is 0.727. The van der Waals surface area contributed by atoms with Crippen molar-refractivity contribution >= 4 is 17.3 Å². The van der Waals surface area contributed by atoms with Crippen molar-refractivity contribution in [3.8, 4) is 5.75 Å². The summed E-state index contributed by atoms with van der Waals surface area (Å²) >= 11 is 0. The lowest BCUT2D eigenvalue weighted by Crippen LogP contribution is -2.54. The van der Waals surface area contributed by atoms with Gasteiger partial charge in [-0.15, -0.1) is 0 Å². The Morgan fingerprint density at radius 1 is 1.35 bits per heavy atom. The highest BCUT2D eigenvalue weighted by Gasteiger charge is 2.44. The highest BCUT2D eigenvalue weighted by Crippen LogP contribution is 2.40. The number of hydrogen-bond acceptors (Lipinski definition) is 3. The predicted molar refractivity (Wildman–Crippen MR) is 68.2 cm³/mol. The maximum Gasteiger partial charge on any atom is 0.270 e. The fourth-order valence-corrected chi connectivity index (χ4v) is 2.25. The lowest BCUT2D eigenvalue weighted by Gasteiger charge is -2.40. The van der Waals surface area contributed by atoms with Crippen LogP contribution in [0.3, 0.4) is 0 Å². The molecule has 4 heteroatoms. The van der Waals surface area contributed by atoms with Crippen LogP contribution in [0.15, 0.2) is 18.2 Å². The molecule has 0 atom stereocenters. The van der Waals surface area contributed by atoms with Crippen molar-refractivity contribution in [2.75, 3.05) is 17.7 Å². The summed E-state index contributed by atoms with van der Waals surface area (Å²) < 4.78 is 5.91. The molecule has 0 spiro atoms. The average molecular weight is 234 g/mol. The van der Waals surface area contributed by atoms with Gasteiger partial charge in [-0.1, -0.05) is 13.8 Å². The summed E-state index contributed by atoms with van der Waals surface area (Å²) in [5.41, 5.74) is 6.38. The van der Waals surface area contributed by atoms with Crippen molar-refractivity contribution < 1.29 is 9.53 Å². The second-order valence-corrected chi connectivity index (χ2v) is 4.39. The van der Waals surface area contributed by atoms with Crippen LogP contribution in [0.2, 0.25) is 0 Å². The van der Waals surface area contributed by atoms with E-state index in [-0.39, 0.29) is 5.91 Å². The monoisotopic (exact) mass is 234 g/mol. The van der Waals surface area contributed by atoms with E-state index in [1.165, 1.54) is 0 Å². The third-order valence-electron chi connectivity index (χ3n) is 3.49. The topological polar surface area (TPSA) is 55.6 Å². The maximum atomic E-state index is 12.3. The third-order valence-corrected chi connectivity index (χ3v) is 3.49. The first kappa shape index (κ1) is 11.8. The van der Waals surface area contributed by atoms with Crippen LogP contribution in [0.1, 0.15) is 26.7 Å². The van der Waals surface area contributed by atoms with Crippen molar-refractivity contribution in [2.45, 2.75) is 32.3 Å². The molecule has 0 fully saturated rings. The molecule has 1 aromatic carbocycles. The molecule has 2 rings (SSSR count). The number of carbonyl (C=O) groups is 1. The standard InChI is InChI=1S/C13H18N2O2/c1-4-13(5-2)12(16)15(3)10-8-9(14)6-7-11(10)17-13/h6-8H,4-5,14H2,1-3H3. The molecule has 0 saturated carbocycles. The molecule has 17 heavy (non-hydrogen) atoms. The molecule has 0 radical (unpaired) electrons. The Morgan fingerprint density at radius 3 is 2.59 bits per heavy atom. The van der Waals surface area contributed by atoms with Crippen molar-refractivity contribution in [2.24, 2.45) is 0 Å². The van der Waals surface area contributed by atoms with Gasteiger partial charge in [0.25, 0.3) is 5.91 Å². The van der Waals surface area contributed by atoms with Crippen LogP contribution in [0.5, 0.6) is 5.75 Å². The van der Waals surface area contributed by atoms with E-state index in [1.54, 1.807) is 24.1 Å². The zero-order chi connectivity index (χ0) is 12.6. The van der Waals surface area contributed by atoms with Crippen LogP contribution in [0, 0.1) is 0 Å². The van der Waals surface area contributed by atoms with Crippen LogP contribution < -0.4 is 15.4 Å². The maximum absolute atomic E-state index is 12.3. The number of carbonyl (C=O) groups excluding carboxylic acids is 1. The molecule has 0 saturated heterocycles. The van der Waals surface area contributed by atoms with Gasteiger partial charge in [0.15, 0.2) is 5.60 Å². The molecule has 1 aliphatic rings. The van der Waals surface area contributed by atoms with Crippen LogP contribution in [0.25, 0.3) is 0 Å². The molecule has 1 heterocycles. The zero-order valence-electron chi connectivity index (χ0n) is 10.5. The first-order chi connectivity index (χ1) is 8.04. The van der Waals surface area contributed by atoms with Gasteiger partial charge in [-0.2, -0.15) is 0 Å². The van der Waals surface area contributed by atoms with Crippen molar-refractivity contribution in [3.63, 3.8) is 0 Å². The van der Waals surface area contributed by atoms with Gasteiger partial charge in [-0.25, -0.2) is 0 Å². The number of nitrogen functional groups attached to an aromatic ring is 1. The summed E-state index contributed by atoms with van der Waals surface area (Å²) in [6.45, 7) is 3.94. The molecule has 0 bridgehead atoms. The van der Waals surface area contributed by atoms with E-state index in [0.29, 0.717) is 18.5 Å². The molecule has 1 amide bonds. The van der Waals surface area contributed by atoms with Crippen LogP contribution in [-0.2, 0) is 4.79 Å². The normalized spacial score (nSPS) is 17.6. The van der Waals surface area contributed by atoms with Gasteiger partial charge in [0.1, 0.15) is 5.75 Å². The van der Waals surface area contributed by atoms with E-state index >= 15 is 0 Å². The Balaban J connectivity index is 2.52. The van der Waals surface area contributed by atoms with Gasteiger partial charge in [0.2, 0.25) is 0 Å². The van der Waals surface area contributed by atoms with Gasteiger partial charge >= 0.3 is 0 Å². The number of hydrogen-bond donors (Lipinski definition) is 1. The Morgan fingerprint density at radius 2 is 2.00 bits per heavy atom. The van der Waals surface area contributed by atoms with Gasteiger partial charge in [0, 0.05) is 12.7 Å². The minimum atomic E-state index is -0.724. The summed E-state index contributed by atoms with van der Waals surface area (Å²) in [4.78, 5) is 14.0. The van der Waals surface area contributed by atoms with Crippen LogP contribution in [0.4, 0.5) is 11.4 Å². The molecule has 4 nitrogen and oxygen atoms in total. The minimum Gasteiger partial charge on any atom is -0.475 e. The van der Waals surface area contributed by atoms with Gasteiger partial charge in [-0.05, 0) is 31.0 Å². The van der Waals surface area contributed by atoms with E-state index in [2.05, 4.69) is 0 Å². The molecule has 92 valence electrons. The molecule has 0 aromatic heterocycles. The lowest BCUT2D eigenvalue weighted by atomic mass is 9.93. The minimum absolute atomic E-state index is 0.000556. The van der Waals surface area contributed by atoms with Gasteiger partial charge in [-0.3, -0.25) is 4.79 Å². The zero-order valence-corrected chi connectivity index (χ0v) is 10.5. The second kappa shape index (κ2) is 3.95. The van der Waals surface area contributed by atoms with E-state index < -0.39 is 5.60 Å². The third kappa shape index (κ3) is 1.64. The molecule has 1 aromatic rings. The summed E-state index contributed by atoms with van der Waals surface area (Å²) in [6.07, 6.45) is 1.33. The molecule has 2 N–H and O–H groups in total.